The Morgan fingerprint density at radius 2 is 1.76 bits per heavy atom. The molecule has 0 atom stereocenters. The number of nitrogens with one attached hydrogen (secondary N) is 1. The van der Waals surface area contributed by atoms with Gasteiger partial charge in [0.1, 0.15) is 0 Å². The number of benzene rings is 3. The van der Waals surface area contributed by atoms with E-state index in [4.69, 9.17) is 32.7 Å². The van der Waals surface area contributed by atoms with E-state index in [2.05, 4.69) is 15.5 Å². The maximum absolute atomic E-state index is 13.2. The van der Waals surface area contributed by atoms with Gasteiger partial charge in [0.2, 0.25) is 0 Å². The van der Waals surface area contributed by atoms with Crippen molar-refractivity contribution in [1.29, 1.82) is 0 Å². The quantitative estimate of drug-likeness (QED) is 0.207. The number of halogens is 2. The Hall–Kier alpha value is -4.87. The molecule has 0 radical (unpaired) electrons. The molecule has 2 heterocycles. The number of carbonyl (C=O) groups is 1. The largest absolute Gasteiger partial charge is 0.493 e. The molecule has 0 aliphatic heterocycles. The summed E-state index contributed by atoms with van der Waals surface area (Å²) in [6, 6.07) is 18.7. The van der Waals surface area contributed by atoms with Crippen LogP contribution in [-0.2, 0) is 20.6 Å². The zero-order valence-corrected chi connectivity index (χ0v) is 24.2. The summed E-state index contributed by atoms with van der Waals surface area (Å²) in [6.45, 7) is 0.101. The van der Waals surface area contributed by atoms with Gasteiger partial charge < -0.3 is 9.47 Å². The lowest BCUT2D eigenvalue weighted by Crippen LogP contribution is -2.37. The van der Waals surface area contributed by atoms with Crippen molar-refractivity contribution < 1.29 is 14.3 Å². The smallest absolute Gasteiger partial charge is 0.332 e. The van der Waals surface area contributed by atoms with Crippen LogP contribution < -0.4 is 26.1 Å². The summed E-state index contributed by atoms with van der Waals surface area (Å²) < 4.78 is 15.5. The number of amides is 1. The molecule has 0 unspecified atom stereocenters. The lowest BCUT2D eigenvalue weighted by Gasteiger charge is -2.13. The highest BCUT2D eigenvalue weighted by molar-refractivity contribution is 6.35. The maximum Gasteiger partial charge on any atom is 0.332 e. The van der Waals surface area contributed by atoms with Crippen LogP contribution in [-0.4, -0.2) is 37.9 Å². The molecular weight excluding hydrogens is 583 g/mol. The van der Waals surface area contributed by atoms with Crippen LogP contribution in [0.1, 0.15) is 21.5 Å². The number of hydrogen-bond donors (Lipinski definition) is 1. The van der Waals surface area contributed by atoms with Gasteiger partial charge in [-0.2, -0.15) is 10.1 Å². The highest BCUT2D eigenvalue weighted by Crippen LogP contribution is 2.33. The van der Waals surface area contributed by atoms with Gasteiger partial charge in [-0.1, -0.05) is 47.5 Å². The molecule has 2 aromatic heterocycles. The molecule has 13 heteroatoms. The van der Waals surface area contributed by atoms with Gasteiger partial charge in [0, 0.05) is 29.7 Å². The van der Waals surface area contributed by atoms with Crippen LogP contribution in [0, 0.1) is 0 Å². The maximum atomic E-state index is 13.2. The van der Waals surface area contributed by atoms with Crippen molar-refractivity contribution in [2.24, 2.45) is 19.2 Å². The number of hydrogen-bond acceptors (Lipinski definition) is 7. The number of hydrazone groups is 1. The molecule has 0 saturated carbocycles. The number of methoxy groups -OCH3 is 1. The van der Waals surface area contributed by atoms with Crippen molar-refractivity contribution in [3.63, 3.8) is 0 Å². The Morgan fingerprint density at radius 1 is 1.00 bits per heavy atom. The van der Waals surface area contributed by atoms with Gasteiger partial charge in [-0.05, 0) is 53.6 Å². The topological polar surface area (TPSA) is 122 Å². The van der Waals surface area contributed by atoms with E-state index in [9.17, 15) is 14.4 Å². The SMILES string of the molecule is COc1cc(/C=N\NC(=O)c2ccccc2)ccc1Oc1nc2c(c(=O)n(C)c(=O)n2C)n1Cc1ccc(Cl)cc1Cl. The molecule has 5 rings (SSSR count). The van der Waals surface area contributed by atoms with E-state index in [0.29, 0.717) is 32.5 Å². The van der Waals surface area contributed by atoms with Crippen LogP contribution in [0.5, 0.6) is 17.5 Å². The van der Waals surface area contributed by atoms with Crippen molar-refractivity contribution in [2.45, 2.75) is 6.54 Å². The van der Waals surface area contributed by atoms with Crippen molar-refractivity contribution in [2.75, 3.05) is 7.11 Å². The first-order valence-corrected chi connectivity index (χ1v) is 13.3. The molecule has 0 bridgehead atoms. The Kier molecular flexibility index (Phi) is 8.14. The molecule has 1 N–H and O–H groups in total. The van der Waals surface area contributed by atoms with E-state index in [1.54, 1.807) is 65.2 Å². The minimum atomic E-state index is -0.545. The van der Waals surface area contributed by atoms with E-state index in [0.717, 1.165) is 4.57 Å². The number of carbonyl (C=O) groups excluding carboxylic acids is 1. The Balaban J connectivity index is 1.50. The van der Waals surface area contributed by atoms with Crippen molar-refractivity contribution >= 4 is 46.5 Å². The molecule has 0 spiro atoms. The minimum absolute atomic E-state index is 0.0316. The second-order valence-electron chi connectivity index (χ2n) is 9.17. The average molecular weight is 607 g/mol. The van der Waals surface area contributed by atoms with Crippen LogP contribution in [0.4, 0.5) is 0 Å². The number of nitrogens with zero attached hydrogens (tertiary/aromatic N) is 5. The first-order chi connectivity index (χ1) is 20.2. The number of imidazole rings is 1. The predicted octanol–water partition coefficient (Wildman–Crippen LogP) is 4.35. The fourth-order valence-electron chi connectivity index (χ4n) is 4.24. The van der Waals surface area contributed by atoms with Gasteiger partial charge in [0.25, 0.3) is 11.5 Å². The zero-order chi connectivity index (χ0) is 30.0. The van der Waals surface area contributed by atoms with E-state index in [1.165, 1.54) is 32.0 Å². The first kappa shape index (κ1) is 28.7. The molecule has 0 aliphatic rings. The predicted molar refractivity (Wildman–Crippen MR) is 160 cm³/mol. The average Bonchev–Trinajstić information content (AvgIpc) is 3.35. The monoisotopic (exact) mass is 606 g/mol. The van der Waals surface area contributed by atoms with E-state index in [-0.39, 0.29) is 35.4 Å². The Bertz CT molecular complexity index is 1960. The lowest BCUT2D eigenvalue weighted by atomic mass is 10.2. The molecule has 0 saturated heterocycles. The van der Waals surface area contributed by atoms with Gasteiger partial charge in [0.15, 0.2) is 22.7 Å². The molecule has 0 fully saturated rings. The molecule has 214 valence electrons. The Labute approximate surface area is 249 Å². The number of aryl methyl sites for hydroxylation is 1. The van der Waals surface area contributed by atoms with Gasteiger partial charge in [-0.25, -0.2) is 10.2 Å². The number of ether oxygens (including phenoxy) is 2. The zero-order valence-electron chi connectivity index (χ0n) is 22.7. The fraction of sp³-hybridized carbons (Fsp3) is 0.138. The van der Waals surface area contributed by atoms with Crippen molar-refractivity contribution in [1.82, 2.24) is 24.1 Å². The lowest BCUT2D eigenvalue weighted by molar-refractivity contribution is 0.0955. The molecule has 11 nitrogen and oxygen atoms in total. The normalized spacial score (nSPS) is 11.3. The van der Waals surface area contributed by atoms with E-state index in [1.807, 2.05) is 6.07 Å². The molecule has 1 amide bonds. The molecule has 42 heavy (non-hydrogen) atoms. The van der Waals surface area contributed by atoms with Crippen molar-refractivity contribution in [3.8, 4) is 17.5 Å². The molecular formula is C29H24Cl2N6O5. The van der Waals surface area contributed by atoms with E-state index < -0.39 is 11.2 Å². The second-order valence-corrected chi connectivity index (χ2v) is 10.0. The summed E-state index contributed by atoms with van der Waals surface area (Å²) in [4.78, 5) is 42.6. The highest BCUT2D eigenvalue weighted by Gasteiger charge is 2.22. The number of aromatic nitrogens is 4. The van der Waals surface area contributed by atoms with E-state index >= 15 is 0 Å². The molecule has 5 aromatic rings. The van der Waals surface area contributed by atoms with Gasteiger partial charge in [0.05, 0.1) is 19.9 Å². The summed E-state index contributed by atoms with van der Waals surface area (Å²) in [5.41, 5.74) is 3.43. The number of rotatable bonds is 8. The van der Waals surface area contributed by atoms with Crippen LogP contribution in [0.15, 0.2) is 81.4 Å². The third-order valence-electron chi connectivity index (χ3n) is 6.46. The summed E-state index contributed by atoms with van der Waals surface area (Å²) in [6.07, 6.45) is 1.46. The Morgan fingerprint density at radius 3 is 2.48 bits per heavy atom. The summed E-state index contributed by atoms with van der Waals surface area (Å²) in [7, 11) is 4.38. The highest BCUT2D eigenvalue weighted by atomic mass is 35.5. The standard InChI is InChI=1S/C29H24Cl2N6O5/c1-35-25-24(27(39)36(2)29(35)40)37(16-19-10-11-20(30)14-21(19)31)28(33-25)42-22-12-9-17(13-23(22)41-3)15-32-34-26(38)18-7-5-4-6-8-18/h4-15H,16H2,1-3H3,(H,34,38)/b32-15-. The summed E-state index contributed by atoms with van der Waals surface area (Å²) in [5, 5.41) is 4.87. The first-order valence-electron chi connectivity index (χ1n) is 12.5. The van der Waals surface area contributed by atoms with Crippen LogP contribution in [0.3, 0.4) is 0 Å². The minimum Gasteiger partial charge on any atom is -0.493 e. The molecule has 0 aliphatic carbocycles. The van der Waals surface area contributed by atoms with Gasteiger partial charge >= 0.3 is 11.7 Å². The van der Waals surface area contributed by atoms with Crippen LogP contribution >= 0.6 is 23.2 Å². The number of fused-ring (bicyclic) bond motifs is 1. The van der Waals surface area contributed by atoms with Crippen LogP contribution in [0.25, 0.3) is 11.2 Å². The third-order valence-corrected chi connectivity index (χ3v) is 7.05. The summed E-state index contributed by atoms with van der Waals surface area (Å²) >= 11 is 12.5. The summed E-state index contributed by atoms with van der Waals surface area (Å²) in [5.74, 6) is 0.265. The van der Waals surface area contributed by atoms with Crippen LogP contribution in [0.2, 0.25) is 10.0 Å². The third kappa shape index (κ3) is 5.65. The van der Waals surface area contributed by atoms with Gasteiger partial charge in [-0.15, -0.1) is 0 Å². The second kappa shape index (κ2) is 11.9. The van der Waals surface area contributed by atoms with Crippen molar-refractivity contribution in [3.05, 3.63) is 114 Å². The molecule has 3 aromatic carbocycles. The van der Waals surface area contributed by atoms with Gasteiger partial charge in [-0.3, -0.25) is 23.3 Å². The fourth-order valence-corrected chi connectivity index (χ4v) is 4.71.